The van der Waals surface area contributed by atoms with Crippen molar-refractivity contribution in [1.82, 2.24) is 10.2 Å². The Morgan fingerprint density at radius 1 is 1.14 bits per heavy atom. The average molecular weight is 313 g/mol. The molecule has 120 valence electrons. The highest BCUT2D eigenvalue weighted by Crippen LogP contribution is 2.14. The summed E-state index contributed by atoms with van der Waals surface area (Å²) in [4.78, 5) is 2.58. The van der Waals surface area contributed by atoms with Gasteiger partial charge in [0.05, 0.1) is 6.61 Å². The van der Waals surface area contributed by atoms with Crippen molar-refractivity contribution in [3.63, 3.8) is 0 Å². The summed E-state index contributed by atoms with van der Waals surface area (Å²) in [5.74, 6) is 0.851. The summed E-state index contributed by atoms with van der Waals surface area (Å²) in [6, 6.07) is 10.8. The highest BCUT2D eigenvalue weighted by atomic mass is 35.5. The van der Waals surface area contributed by atoms with Crippen LogP contribution in [0.3, 0.4) is 0 Å². The van der Waals surface area contributed by atoms with Crippen molar-refractivity contribution in [2.75, 3.05) is 46.4 Å². The molecule has 1 aliphatic rings. The SMILES string of the molecule is COCCN(CCc1ccccc1)CC1CCNCC1.Cl. The van der Waals surface area contributed by atoms with Gasteiger partial charge in [-0.15, -0.1) is 12.4 Å². The fraction of sp³-hybridized carbons (Fsp3) is 0.647. The summed E-state index contributed by atoms with van der Waals surface area (Å²) < 4.78 is 5.26. The Balaban J connectivity index is 0.00000220. The molecule has 1 fully saturated rings. The van der Waals surface area contributed by atoms with Gasteiger partial charge in [-0.1, -0.05) is 30.3 Å². The van der Waals surface area contributed by atoms with Gasteiger partial charge in [0, 0.05) is 26.7 Å². The van der Waals surface area contributed by atoms with Crippen molar-refractivity contribution < 1.29 is 4.74 Å². The zero-order valence-electron chi connectivity index (χ0n) is 13.1. The number of ether oxygens (including phenoxy) is 1. The topological polar surface area (TPSA) is 24.5 Å². The largest absolute Gasteiger partial charge is 0.383 e. The molecule has 0 bridgehead atoms. The molecule has 1 aromatic carbocycles. The van der Waals surface area contributed by atoms with Crippen molar-refractivity contribution in [1.29, 1.82) is 0 Å². The first-order valence-electron chi connectivity index (χ1n) is 7.84. The standard InChI is InChI=1S/C17H28N2O.ClH/c1-20-14-13-19(15-17-7-10-18-11-8-17)12-9-16-5-3-2-4-6-16;/h2-6,17-18H,7-15H2,1H3;1H. The number of halogens is 1. The number of rotatable bonds is 8. The number of hydrogen-bond donors (Lipinski definition) is 1. The number of benzene rings is 1. The Morgan fingerprint density at radius 3 is 2.52 bits per heavy atom. The van der Waals surface area contributed by atoms with E-state index >= 15 is 0 Å². The van der Waals surface area contributed by atoms with Crippen molar-refractivity contribution in [3.05, 3.63) is 35.9 Å². The number of piperidine rings is 1. The summed E-state index contributed by atoms with van der Waals surface area (Å²) in [6.07, 6.45) is 3.76. The molecule has 2 rings (SSSR count). The van der Waals surface area contributed by atoms with Gasteiger partial charge in [0.25, 0.3) is 0 Å². The molecular weight excluding hydrogens is 284 g/mol. The third-order valence-electron chi connectivity index (χ3n) is 4.15. The Morgan fingerprint density at radius 2 is 1.86 bits per heavy atom. The molecule has 1 aromatic rings. The fourth-order valence-corrected chi connectivity index (χ4v) is 2.88. The summed E-state index contributed by atoms with van der Waals surface area (Å²) in [7, 11) is 1.79. The maximum absolute atomic E-state index is 5.26. The minimum absolute atomic E-state index is 0. The molecule has 0 atom stereocenters. The van der Waals surface area contributed by atoms with E-state index in [0.717, 1.165) is 32.0 Å². The van der Waals surface area contributed by atoms with Crippen LogP contribution in [0.4, 0.5) is 0 Å². The van der Waals surface area contributed by atoms with Crippen molar-refractivity contribution in [2.45, 2.75) is 19.3 Å². The fourth-order valence-electron chi connectivity index (χ4n) is 2.88. The minimum Gasteiger partial charge on any atom is -0.383 e. The normalized spacial score (nSPS) is 15.9. The molecule has 0 spiro atoms. The lowest BCUT2D eigenvalue weighted by atomic mass is 9.97. The molecule has 3 nitrogen and oxygen atoms in total. The molecular formula is C17H29ClN2O. The van der Waals surface area contributed by atoms with Gasteiger partial charge >= 0.3 is 0 Å². The van der Waals surface area contributed by atoms with Crippen LogP contribution in [0.5, 0.6) is 0 Å². The number of methoxy groups -OCH3 is 1. The summed E-state index contributed by atoms with van der Waals surface area (Å²) >= 11 is 0. The predicted molar refractivity (Wildman–Crippen MR) is 91.3 cm³/mol. The smallest absolute Gasteiger partial charge is 0.0589 e. The molecule has 1 aliphatic heterocycles. The molecule has 0 aliphatic carbocycles. The van der Waals surface area contributed by atoms with Gasteiger partial charge in [0.2, 0.25) is 0 Å². The van der Waals surface area contributed by atoms with Crippen LogP contribution in [0.2, 0.25) is 0 Å². The third kappa shape index (κ3) is 7.28. The van der Waals surface area contributed by atoms with E-state index < -0.39 is 0 Å². The van der Waals surface area contributed by atoms with Gasteiger partial charge in [0.1, 0.15) is 0 Å². The van der Waals surface area contributed by atoms with E-state index in [1.165, 1.54) is 38.0 Å². The van der Waals surface area contributed by atoms with E-state index in [1.54, 1.807) is 7.11 Å². The van der Waals surface area contributed by atoms with Crippen molar-refractivity contribution in [2.24, 2.45) is 5.92 Å². The van der Waals surface area contributed by atoms with Crippen molar-refractivity contribution >= 4 is 12.4 Å². The second-order valence-corrected chi connectivity index (χ2v) is 5.72. The van der Waals surface area contributed by atoms with Crippen molar-refractivity contribution in [3.8, 4) is 0 Å². The Hall–Kier alpha value is -0.610. The first kappa shape index (κ1) is 18.4. The lowest BCUT2D eigenvalue weighted by Crippen LogP contribution is -2.38. The van der Waals surface area contributed by atoms with E-state index in [1.807, 2.05) is 0 Å². The van der Waals surface area contributed by atoms with Crippen LogP contribution >= 0.6 is 12.4 Å². The molecule has 0 saturated carbocycles. The van der Waals surface area contributed by atoms with Crippen LogP contribution < -0.4 is 5.32 Å². The predicted octanol–water partition coefficient (Wildman–Crippen LogP) is 2.60. The molecule has 1 N–H and O–H groups in total. The summed E-state index contributed by atoms with van der Waals surface area (Å²) in [5.41, 5.74) is 1.43. The van der Waals surface area contributed by atoms with E-state index in [2.05, 4.69) is 40.5 Å². The molecule has 0 amide bonds. The highest BCUT2D eigenvalue weighted by molar-refractivity contribution is 5.85. The zero-order chi connectivity index (χ0) is 14.0. The molecule has 1 saturated heterocycles. The second kappa shape index (κ2) is 11.0. The van der Waals surface area contributed by atoms with Crippen LogP contribution in [-0.2, 0) is 11.2 Å². The van der Waals surface area contributed by atoms with Gasteiger partial charge < -0.3 is 15.0 Å². The first-order chi connectivity index (χ1) is 9.88. The van der Waals surface area contributed by atoms with E-state index in [9.17, 15) is 0 Å². The third-order valence-corrected chi connectivity index (χ3v) is 4.15. The second-order valence-electron chi connectivity index (χ2n) is 5.72. The monoisotopic (exact) mass is 312 g/mol. The van der Waals surface area contributed by atoms with Crippen LogP contribution in [-0.4, -0.2) is 51.3 Å². The quantitative estimate of drug-likeness (QED) is 0.798. The summed E-state index contributed by atoms with van der Waals surface area (Å²) in [5, 5.41) is 3.45. The van der Waals surface area contributed by atoms with E-state index in [-0.39, 0.29) is 12.4 Å². The molecule has 0 unspecified atom stereocenters. The Labute approximate surface area is 135 Å². The van der Waals surface area contributed by atoms with Gasteiger partial charge in [-0.3, -0.25) is 0 Å². The maximum Gasteiger partial charge on any atom is 0.0589 e. The van der Waals surface area contributed by atoms with Crippen LogP contribution in [0, 0.1) is 5.92 Å². The number of hydrogen-bond acceptors (Lipinski definition) is 3. The summed E-state index contributed by atoms with van der Waals surface area (Å²) in [6.45, 7) is 6.60. The Kier molecular flexibility index (Phi) is 9.68. The molecule has 4 heteroatoms. The van der Waals surface area contributed by atoms with Crippen LogP contribution in [0.25, 0.3) is 0 Å². The van der Waals surface area contributed by atoms with E-state index in [0.29, 0.717) is 0 Å². The van der Waals surface area contributed by atoms with Gasteiger partial charge in [-0.05, 0) is 43.8 Å². The number of nitrogens with zero attached hydrogens (tertiary/aromatic N) is 1. The minimum atomic E-state index is 0. The molecule has 0 aromatic heterocycles. The highest BCUT2D eigenvalue weighted by Gasteiger charge is 2.16. The van der Waals surface area contributed by atoms with Gasteiger partial charge in [-0.25, -0.2) is 0 Å². The lowest BCUT2D eigenvalue weighted by Gasteiger charge is -2.30. The van der Waals surface area contributed by atoms with Gasteiger partial charge in [0.15, 0.2) is 0 Å². The Bertz CT molecular complexity index is 355. The number of nitrogens with one attached hydrogen (secondary N) is 1. The lowest BCUT2D eigenvalue weighted by molar-refractivity contribution is 0.131. The molecule has 0 radical (unpaired) electrons. The van der Waals surface area contributed by atoms with Gasteiger partial charge in [-0.2, -0.15) is 0 Å². The zero-order valence-corrected chi connectivity index (χ0v) is 13.9. The van der Waals surface area contributed by atoms with Crippen LogP contribution in [0.1, 0.15) is 18.4 Å². The first-order valence-corrected chi connectivity index (χ1v) is 7.84. The maximum atomic E-state index is 5.26. The average Bonchev–Trinajstić information content (AvgIpc) is 2.52. The molecule has 21 heavy (non-hydrogen) atoms. The van der Waals surface area contributed by atoms with Crippen LogP contribution in [0.15, 0.2) is 30.3 Å². The molecule has 1 heterocycles. The van der Waals surface area contributed by atoms with E-state index in [4.69, 9.17) is 4.74 Å².